The molecule has 35 heavy (non-hydrogen) atoms. The first-order chi connectivity index (χ1) is 17.2. The fourth-order valence-electron chi connectivity index (χ4n) is 4.64. The van der Waals surface area contributed by atoms with Crippen molar-refractivity contribution in [2.45, 2.75) is 12.6 Å². The summed E-state index contributed by atoms with van der Waals surface area (Å²) in [6.07, 6.45) is 1.54. The van der Waals surface area contributed by atoms with E-state index >= 15 is 0 Å². The SMILES string of the molecule is Nc1c(NCc2ccc(F)cc2)ncnc1N1CCN(C(c2ccccc2)c2ccccc2)CC1. The molecule has 2 heterocycles. The van der Waals surface area contributed by atoms with E-state index < -0.39 is 0 Å². The van der Waals surface area contributed by atoms with Gasteiger partial charge in [0.1, 0.15) is 17.8 Å². The molecule has 1 aromatic heterocycles. The molecule has 0 saturated carbocycles. The largest absolute Gasteiger partial charge is 0.393 e. The Morgan fingerprint density at radius 2 is 1.40 bits per heavy atom. The van der Waals surface area contributed by atoms with Gasteiger partial charge in [0.25, 0.3) is 0 Å². The van der Waals surface area contributed by atoms with Gasteiger partial charge < -0.3 is 16.0 Å². The van der Waals surface area contributed by atoms with E-state index in [0.29, 0.717) is 18.1 Å². The smallest absolute Gasteiger partial charge is 0.157 e. The molecule has 0 aliphatic carbocycles. The highest BCUT2D eigenvalue weighted by Gasteiger charge is 2.28. The van der Waals surface area contributed by atoms with E-state index in [1.54, 1.807) is 18.5 Å². The lowest BCUT2D eigenvalue weighted by Crippen LogP contribution is -2.48. The average molecular weight is 469 g/mol. The molecule has 3 N–H and O–H groups in total. The molecule has 4 aromatic rings. The molecule has 3 aromatic carbocycles. The third-order valence-corrected chi connectivity index (χ3v) is 6.45. The summed E-state index contributed by atoms with van der Waals surface area (Å²) >= 11 is 0. The Bertz CT molecular complexity index is 1190. The lowest BCUT2D eigenvalue weighted by Gasteiger charge is -2.40. The van der Waals surface area contributed by atoms with Crippen molar-refractivity contribution in [3.8, 4) is 0 Å². The monoisotopic (exact) mass is 468 g/mol. The van der Waals surface area contributed by atoms with Crippen molar-refractivity contribution >= 4 is 17.3 Å². The number of nitrogens with two attached hydrogens (primary N) is 1. The van der Waals surface area contributed by atoms with E-state index in [2.05, 4.69) is 85.7 Å². The first-order valence-corrected chi connectivity index (χ1v) is 11.9. The third-order valence-electron chi connectivity index (χ3n) is 6.45. The number of hydrogen-bond acceptors (Lipinski definition) is 6. The lowest BCUT2D eigenvalue weighted by molar-refractivity contribution is 0.212. The molecule has 7 heteroatoms. The highest BCUT2D eigenvalue weighted by atomic mass is 19.1. The number of halogens is 1. The van der Waals surface area contributed by atoms with E-state index in [-0.39, 0.29) is 11.9 Å². The molecule has 0 atom stereocenters. The Balaban J connectivity index is 1.29. The summed E-state index contributed by atoms with van der Waals surface area (Å²) in [7, 11) is 0. The zero-order chi connectivity index (χ0) is 24.0. The molecular weight excluding hydrogens is 439 g/mol. The first-order valence-electron chi connectivity index (χ1n) is 11.9. The quantitative estimate of drug-likeness (QED) is 0.409. The van der Waals surface area contributed by atoms with Gasteiger partial charge in [-0.3, -0.25) is 4.90 Å². The van der Waals surface area contributed by atoms with Crippen LogP contribution in [0.3, 0.4) is 0 Å². The summed E-state index contributed by atoms with van der Waals surface area (Å²) in [5.74, 6) is 1.09. The van der Waals surface area contributed by atoms with Crippen LogP contribution in [-0.4, -0.2) is 41.0 Å². The van der Waals surface area contributed by atoms with Gasteiger partial charge in [-0.1, -0.05) is 72.8 Å². The van der Waals surface area contributed by atoms with E-state index in [1.807, 2.05) is 0 Å². The van der Waals surface area contributed by atoms with Crippen LogP contribution in [0.25, 0.3) is 0 Å². The van der Waals surface area contributed by atoms with Crippen LogP contribution in [0.5, 0.6) is 0 Å². The predicted octanol–water partition coefficient (Wildman–Crippen LogP) is 4.72. The normalized spacial score (nSPS) is 14.3. The maximum atomic E-state index is 13.2. The molecule has 1 saturated heterocycles. The van der Waals surface area contributed by atoms with Crippen LogP contribution in [-0.2, 0) is 6.54 Å². The van der Waals surface area contributed by atoms with Crippen molar-refractivity contribution in [2.24, 2.45) is 0 Å². The highest BCUT2D eigenvalue weighted by molar-refractivity contribution is 5.75. The molecule has 0 spiro atoms. The van der Waals surface area contributed by atoms with Gasteiger partial charge in [0.2, 0.25) is 0 Å². The molecule has 1 aliphatic rings. The topological polar surface area (TPSA) is 70.3 Å². The van der Waals surface area contributed by atoms with Gasteiger partial charge >= 0.3 is 0 Å². The standard InChI is InChI=1S/C28H29FN6/c29-24-13-11-21(12-14-24)19-31-27-25(30)28(33-20-32-27)35-17-15-34(16-18-35)26(22-7-3-1-4-8-22)23-9-5-2-6-10-23/h1-14,20,26H,15-19,30H2,(H,31,32,33). The second kappa shape index (κ2) is 10.5. The molecule has 1 aliphatic heterocycles. The van der Waals surface area contributed by atoms with Gasteiger partial charge in [0.05, 0.1) is 6.04 Å². The van der Waals surface area contributed by atoms with E-state index in [4.69, 9.17) is 5.73 Å². The van der Waals surface area contributed by atoms with Crippen LogP contribution in [0.15, 0.2) is 91.3 Å². The van der Waals surface area contributed by atoms with Gasteiger partial charge in [0, 0.05) is 32.7 Å². The van der Waals surface area contributed by atoms with Gasteiger partial charge in [-0.25, -0.2) is 14.4 Å². The van der Waals surface area contributed by atoms with Gasteiger partial charge in [0.15, 0.2) is 11.6 Å². The Hall–Kier alpha value is -3.97. The van der Waals surface area contributed by atoms with Gasteiger partial charge in [-0.05, 0) is 28.8 Å². The molecule has 0 bridgehead atoms. The van der Waals surface area contributed by atoms with Crippen LogP contribution in [0.1, 0.15) is 22.7 Å². The van der Waals surface area contributed by atoms with Crippen molar-refractivity contribution in [3.05, 3.63) is 114 Å². The average Bonchev–Trinajstić information content (AvgIpc) is 2.91. The van der Waals surface area contributed by atoms with Crippen molar-refractivity contribution in [3.63, 3.8) is 0 Å². The number of aromatic nitrogens is 2. The minimum Gasteiger partial charge on any atom is -0.393 e. The summed E-state index contributed by atoms with van der Waals surface area (Å²) in [5, 5.41) is 3.26. The molecule has 0 unspecified atom stereocenters. The van der Waals surface area contributed by atoms with E-state index in [1.165, 1.54) is 23.3 Å². The number of hydrogen-bond donors (Lipinski definition) is 2. The van der Waals surface area contributed by atoms with Crippen LogP contribution >= 0.6 is 0 Å². The van der Waals surface area contributed by atoms with Crippen LogP contribution in [0, 0.1) is 5.82 Å². The molecular formula is C28H29FN6. The summed E-state index contributed by atoms with van der Waals surface area (Å²) < 4.78 is 13.2. The van der Waals surface area contributed by atoms with Gasteiger partial charge in [-0.2, -0.15) is 0 Å². The third kappa shape index (κ3) is 5.25. The molecule has 6 nitrogen and oxygen atoms in total. The Morgan fingerprint density at radius 1 is 0.800 bits per heavy atom. The molecule has 5 rings (SSSR count). The molecule has 1 fully saturated rings. The van der Waals surface area contributed by atoms with Crippen molar-refractivity contribution < 1.29 is 4.39 Å². The maximum Gasteiger partial charge on any atom is 0.157 e. The number of benzene rings is 3. The van der Waals surface area contributed by atoms with Crippen LogP contribution < -0.4 is 16.0 Å². The van der Waals surface area contributed by atoms with Crippen LogP contribution in [0.4, 0.5) is 21.7 Å². The number of nitrogens with zero attached hydrogens (tertiary/aromatic N) is 4. The number of piperazine rings is 1. The summed E-state index contributed by atoms with van der Waals surface area (Å²) in [6, 6.07) is 27.9. The highest BCUT2D eigenvalue weighted by Crippen LogP contribution is 2.32. The fourth-order valence-corrected chi connectivity index (χ4v) is 4.64. The Labute approximate surface area is 205 Å². The summed E-state index contributed by atoms with van der Waals surface area (Å²) in [6.45, 7) is 3.90. The lowest BCUT2D eigenvalue weighted by atomic mass is 9.96. The van der Waals surface area contributed by atoms with E-state index in [9.17, 15) is 4.39 Å². The number of rotatable bonds is 7. The second-order valence-electron chi connectivity index (χ2n) is 8.69. The van der Waals surface area contributed by atoms with Crippen molar-refractivity contribution in [1.82, 2.24) is 14.9 Å². The minimum atomic E-state index is -0.251. The van der Waals surface area contributed by atoms with Crippen molar-refractivity contribution in [2.75, 3.05) is 42.1 Å². The van der Waals surface area contributed by atoms with Crippen molar-refractivity contribution in [1.29, 1.82) is 0 Å². The Morgan fingerprint density at radius 3 is 2.00 bits per heavy atom. The molecule has 0 amide bonds. The number of nitrogen functional groups attached to an aromatic ring is 1. The van der Waals surface area contributed by atoms with Crippen LogP contribution in [0.2, 0.25) is 0 Å². The second-order valence-corrected chi connectivity index (χ2v) is 8.69. The number of nitrogens with one attached hydrogen (secondary N) is 1. The predicted molar refractivity (Wildman–Crippen MR) is 139 cm³/mol. The first kappa shape index (κ1) is 22.8. The zero-order valence-corrected chi connectivity index (χ0v) is 19.5. The number of anilines is 3. The van der Waals surface area contributed by atoms with E-state index in [0.717, 1.165) is 37.6 Å². The zero-order valence-electron chi connectivity index (χ0n) is 19.5. The summed E-state index contributed by atoms with van der Waals surface area (Å²) in [5.41, 5.74) is 10.5. The minimum absolute atomic E-state index is 0.204. The molecule has 178 valence electrons. The van der Waals surface area contributed by atoms with Gasteiger partial charge in [-0.15, -0.1) is 0 Å². The summed E-state index contributed by atoms with van der Waals surface area (Å²) in [4.78, 5) is 13.6. The molecule has 0 radical (unpaired) electrons. The maximum absolute atomic E-state index is 13.2. The fraction of sp³-hybridized carbons (Fsp3) is 0.214. The Kier molecular flexibility index (Phi) is 6.86.